The minimum absolute atomic E-state index is 0.381. The molecule has 0 aromatic heterocycles. The zero-order chi connectivity index (χ0) is 14.3. The summed E-state index contributed by atoms with van der Waals surface area (Å²) in [6, 6.07) is 5.18. The predicted molar refractivity (Wildman–Crippen MR) is 69.5 cm³/mol. The molecule has 0 fully saturated rings. The van der Waals surface area contributed by atoms with Crippen LogP contribution in [0.25, 0.3) is 0 Å². The summed E-state index contributed by atoms with van der Waals surface area (Å²) in [5, 5.41) is 0. The van der Waals surface area contributed by atoms with Crippen molar-refractivity contribution >= 4 is 17.5 Å². The number of nitrogens with zero attached hydrogens (tertiary/aromatic N) is 1. The summed E-state index contributed by atoms with van der Waals surface area (Å²) in [5.74, 6) is -1.20. The van der Waals surface area contributed by atoms with E-state index in [-0.39, 0.29) is 0 Å². The molecule has 19 heavy (non-hydrogen) atoms. The third kappa shape index (κ3) is 3.92. The summed E-state index contributed by atoms with van der Waals surface area (Å²) in [6.07, 6.45) is 5.00. The number of anilines is 1. The molecule has 0 bridgehead atoms. The molecular weight excluding hydrogens is 249 g/mol. The van der Waals surface area contributed by atoms with Crippen molar-refractivity contribution in [3.63, 3.8) is 0 Å². The molecule has 2 rings (SSSR count). The fraction of sp³-hybridized carbons (Fsp3) is 0. The number of hydrogen-bond acceptors (Lipinski definition) is 3. The van der Waals surface area contributed by atoms with Gasteiger partial charge in [-0.1, -0.05) is 13.2 Å². The average molecular weight is 261 g/mol. The fourth-order valence-electron chi connectivity index (χ4n) is 1.31. The van der Waals surface area contributed by atoms with Gasteiger partial charge in [-0.2, -0.15) is 0 Å². The molecule has 0 radical (unpaired) electrons. The highest BCUT2D eigenvalue weighted by Crippen LogP contribution is 2.18. The van der Waals surface area contributed by atoms with Gasteiger partial charge in [-0.15, -0.1) is 0 Å². The van der Waals surface area contributed by atoms with Gasteiger partial charge < -0.3 is 4.74 Å². The van der Waals surface area contributed by atoms with Gasteiger partial charge in [-0.05, 0) is 24.3 Å². The Kier molecular flexibility index (Phi) is 5.22. The molecule has 0 unspecified atom stereocenters. The van der Waals surface area contributed by atoms with E-state index in [0.29, 0.717) is 5.69 Å². The van der Waals surface area contributed by atoms with Crippen molar-refractivity contribution in [2.45, 2.75) is 0 Å². The van der Waals surface area contributed by atoms with Gasteiger partial charge in [0, 0.05) is 12.2 Å². The van der Waals surface area contributed by atoms with Crippen LogP contribution in [0.5, 0.6) is 0 Å². The van der Waals surface area contributed by atoms with Crippen LogP contribution in [0.3, 0.4) is 0 Å². The van der Waals surface area contributed by atoms with Crippen molar-refractivity contribution in [2.24, 2.45) is 0 Å². The summed E-state index contributed by atoms with van der Waals surface area (Å²) < 4.78 is 16.9. The van der Waals surface area contributed by atoms with E-state index in [1.54, 1.807) is 0 Å². The zero-order valence-electron chi connectivity index (χ0n) is 10.1. The lowest BCUT2D eigenvalue weighted by atomic mass is 10.3. The van der Waals surface area contributed by atoms with Crippen LogP contribution in [-0.4, -0.2) is 11.8 Å². The molecule has 0 atom stereocenters. The number of carbonyl (C=O) groups is 2. The van der Waals surface area contributed by atoms with Gasteiger partial charge in [0.1, 0.15) is 5.82 Å². The molecule has 0 N–H and O–H groups in total. The molecule has 1 aliphatic heterocycles. The second-order valence-electron chi connectivity index (χ2n) is 3.29. The Hall–Kier alpha value is -2.69. The van der Waals surface area contributed by atoms with E-state index in [1.807, 2.05) is 0 Å². The van der Waals surface area contributed by atoms with Gasteiger partial charge >= 0.3 is 0 Å². The lowest BCUT2D eigenvalue weighted by Gasteiger charge is -2.12. The third-order valence-electron chi connectivity index (χ3n) is 2.09. The molecule has 1 aromatic carbocycles. The number of amides is 2. The van der Waals surface area contributed by atoms with Crippen molar-refractivity contribution in [3.05, 3.63) is 67.9 Å². The molecule has 0 spiro atoms. The first kappa shape index (κ1) is 14.4. The molecule has 4 nitrogen and oxygen atoms in total. The second kappa shape index (κ2) is 6.90. The molecule has 0 saturated carbocycles. The number of halogens is 1. The largest absolute Gasteiger partial charge is 0.474 e. The van der Waals surface area contributed by atoms with Gasteiger partial charge in [0.2, 0.25) is 0 Å². The molecule has 98 valence electrons. The lowest BCUT2D eigenvalue weighted by Crippen LogP contribution is -2.29. The number of hydrogen-bond donors (Lipinski definition) is 0. The van der Waals surface area contributed by atoms with E-state index in [0.717, 1.165) is 4.90 Å². The van der Waals surface area contributed by atoms with E-state index in [9.17, 15) is 14.0 Å². The van der Waals surface area contributed by atoms with Gasteiger partial charge in [0.15, 0.2) is 0 Å². The predicted octanol–water partition coefficient (Wildman–Crippen LogP) is 2.55. The normalized spacial score (nSPS) is 12.8. The standard InChI is InChI=1S/C10H6FNO2.C4H6O/c11-7-1-3-8(4-2-7)12-9(13)5-6-10(12)14;1-3-5-4-2/h1-6H;3-4H,1-2H2. The molecule has 1 aromatic rings. The van der Waals surface area contributed by atoms with E-state index >= 15 is 0 Å². The molecule has 2 amide bonds. The Morgan fingerprint density at radius 1 is 1.00 bits per heavy atom. The van der Waals surface area contributed by atoms with Crippen LogP contribution >= 0.6 is 0 Å². The number of rotatable bonds is 3. The van der Waals surface area contributed by atoms with Crippen LogP contribution < -0.4 is 4.90 Å². The molecule has 0 saturated heterocycles. The number of ether oxygens (including phenoxy) is 1. The van der Waals surface area contributed by atoms with Crippen LogP contribution in [0.15, 0.2) is 62.1 Å². The minimum Gasteiger partial charge on any atom is -0.474 e. The number of benzene rings is 1. The Morgan fingerprint density at radius 3 is 1.84 bits per heavy atom. The highest BCUT2D eigenvalue weighted by Gasteiger charge is 2.24. The van der Waals surface area contributed by atoms with Crippen LogP contribution in [0.2, 0.25) is 0 Å². The van der Waals surface area contributed by atoms with Gasteiger partial charge in [-0.25, -0.2) is 9.29 Å². The Bertz CT molecular complexity index is 496. The highest BCUT2D eigenvalue weighted by molar-refractivity contribution is 6.28. The van der Waals surface area contributed by atoms with E-state index in [4.69, 9.17) is 0 Å². The quantitative estimate of drug-likeness (QED) is 0.620. The fourth-order valence-corrected chi connectivity index (χ4v) is 1.31. The first-order valence-electron chi connectivity index (χ1n) is 5.29. The zero-order valence-corrected chi connectivity index (χ0v) is 10.1. The maximum absolute atomic E-state index is 12.6. The van der Waals surface area contributed by atoms with Crippen molar-refractivity contribution in [1.29, 1.82) is 0 Å². The van der Waals surface area contributed by atoms with E-state index < -0.39 is 17.6 Å². The van der Waals surface area contributed by atoms with Crippen LogP contribution in [0.1, 0.15) is 0 Å². The Balaban J connectivity index is 0.000000312. The minimum atomic E-state index is -0.402. The second-order valence-corrected chi connectivity index (χ2v) is 3.29. The first-order chi connectivity index (χ1) is 9.10. The van der Waals surface area contributed by atoms with Crippen LogP contribution in [0, 0.1) is 5.82 Å². The van der Waals surface area contributed by atoms with Crippen molar-refractivity contribution in [1.82, 2.24) is 0 Å². The highest BCUT2D eigenvalue weighted by atomic mass is 19.1. The van der Waals surface area contributed by atoms with Crippen molar-refractivity contribution in [3.8, 4) is 0 Å². The Labute approximate surface area is 110 Å². The molecule has 1 aliphatic rings. The van der Waals surface area contributed by atoms with Crippen molar-refractivity contribution in [2.75, 3.05) is 4.90 Å². The van der Waals surface area contributed by atoms with E-state index in [2.05, 4.69) is 17.9 Å². The van der Waals surface area contributed by atoms with Gasteiger partial charge in [0.25, 0.3) is 11.8 Å². The third-order valence-corrected chi connectivity index (χ3v) is 2.09. The molecule has 1 heterocycles. The lowest BCUT2D eigenvalue weighted by molar-refractivity contribution is -0.119. The molecule has 0 aliphatic carbocycles. The summed E-state index contributed by atoms with van der Waals surface area (Å²) in [5.41, 5.74) is 0.381. The van der Waals surface area contributed by atoms with Crippen LogP contribution in [-0.2, 0) is 14.3 Å². The van der Waals surface area contributed by atoms with Gasteiger partial charge in [0.05, 0.1) is 18.2 Å². The topological polar surface area (TPSA) is 46.6 Å². The molecular formula is C14H12FNO3. The summed E-state index contributed by atoms with van der Waals surface area (Å²) >= 11 is 0. The first-order valence-corrected chi connectivity index (χ1v) is 5.29. The van der Waals surface area contributed by atoms with Crippen molar-refractivity contribution < 1.29 is 18.7 Å². The monoisotopic (exact) mass is 261 g/mol. The summed E-state index contributed by atoms with van der Waals surface area (Å²) in [7, 11) is 0. The van der Waals surface area contributed by atoms with Gasteiger partial charge in [-0.3, -0.25) is 9.59 Å². The van der Waals surface area contributed by atoms with Crippen LogP contribution in [0.4, 0.5) is 10.1 Å². The maximum atomic E-state index is 12.6. The maximum Gasteiger partial charge on any atom is 0.258 e. The number of carbonyl (C=O) groups excluding carboxylic acids is 2. The summed E-state index contributed by atoms with van der Waals surface area (Å²) in [4.78, 5) is 23.4. The summed E-state index contributed by atoms with van der Waals surface area (Å²) in [6.45, 7) is 6.51. The SMILES string of the molecule is C=COC=C.O=C1C=CC(=O)N1c1ccc(F)cc1. The smallest absolute Gasteiger partial charge is 0.258 e. The molecule has 5 heteroatoms. The average Bonchev–Trinajstić information content (AvgIpc) is 2.72. The van der Waals surface area contributed by atoms with E-state index in [1.165, 1.54) is 48.9 Å². The number of imide groups is 1. The Morgan fingerprint density at radius 2 is 1.47 bits per heavy atom.